The van der Waals surface area contributed by atoms with Gasteiger partial charge in [-0.25, -0.2) is 47.5 Å². The van der Waals surface area contributed by atoms with E-state index in [2.05, 4.69) is 0 Å². The van der Waals surface area contributed by atoms with E-state index in [1.807, 2.05) is 12.1 Å². The molecule has 9 nitrogen and oxygen atoms in total. The normalized spacial score (nSPS) is 11.7. The van der Waals surface area contributed by atoms with Crippen LogP contribution in [0.4, 0.5) is 22.0 Å². The second-order valence-electron chi connectivity index (χ2n) is 11.5. The first-order valence-corrected chi connectivity index (χ1v) is 18.1. The lowest BCUT2D eigenvalue weighted by Crippen LogP contribution is -2.28. The minimum atomic E-state index is -4.82. The quantitative estimate of drug-likeness (QED) is 0.156. The summed E-state index contributed by atoms with van der Waals surface area (Å²) in [7, 11) is -9.47. The fourth-order valence-electron chi connectivity index (χ4n) is 5.95. The molecule has 0 atom stereocenters. The molecule has 6 aromatic rings. The van der Waals surface area contributed by atoms with Gasteiger partial charge in [0.25, 0.3) is 26.5 Å². The number of carbonyl (C=O) groups excluding carboxylic acids is 1. The number of halogens is 5. The Morgan fingerprint density at radius 2 is 1.30 bits per heavy atom. The first kappa shape index (κ1) is 36.4. The number of benzene rings is 5. The van der Waals surface area contributed by atoms with Crippen molar-refractivity contribution < 1.29 is 43.6 Å². The van der Waals surface area contributed by atoms with Crippen LogP contribution in [0, 0.1) is 40.1 Å². The number of rotatable bonds is 8. The van der Waals surface area contributed by atoms with Crippen LogP contribution in [0.1, 0.15) is 30.0 Å². The number of nitriles is 2. The molecule has 0 spiro atoms. The number of carbonyl (C=O) groups is 1. The third-order valence-corrected chi connectivity index (χ3v) is 11.3. The molecular weight excluding hydrogens is 740 g/mol. The Hall–Kier alpha value is -6.36. The number of aromatic nitrogens is 1. The maximum Gasteiger partial charge on any atom is 0.268 e. The number of alkyl halides is 2. The molecule has 0 fully saturated rings. The van der Waals surface area contributed by atoms with Crippen molar-refractivity contribution in [2.45, 2.75) is 23.1 Å². The van der Waals surface area contributed by atoms with Gasteiger partial charge in [0.2, 0.25) is 5.91 Å². The van der Waals surface area contributed by atoms with Crippen LogP contribution >= 0.6 is 0 Å². The number of hydrogen-bond acceptors (Lipinski definition) is 7. The Morgan fingerprint density at radius 3 is 1.87 bits per heavy atom. The van der Waals surface area contributed by atoms with Crippen LogP contribution in [0.25, 0.3) is 44.4 Å². The molecule has 0 bridgehead atoms. The SMILES string of the molecule is CC(=O)NS(=O)(=O)c1cc(F)c(-c2cccc(-c3c(-c4c(C#N)cccc4C#N)c4cc(F)ccc4n3S(=O)(=O)c3ccc(C(F)F)cc3)c2)c(F)c1. The van der Waals surface area contributed by atoms with E-state index in [9.17, 15) is 40.9 Å². The first-order chi connectivity index (χ1) is 25.1. The average molecular weight is 761 g/mol. The summed E-state index contributed by atoms with van der Waals surface area (Å²) in [5.74, 6) is -4.59. The second kappa shape index (κ2) is 13.6. The van der Waals surface area contributed by atoms with Gasteiger partial charge in [-0.2, -0.15) is 10.5 Å². The van der Waals surface area contributed by atoms with E-state index in [-0.39, 0.29) is 50.0 Å². The molecule has 0 aliphatic carbocycles. The highest BCUT2D eigenvalue weighted by Crippen LogP contribution is 2.46. The third kappa shape index (κ3) is 6.50. The Balaban J connectivity index is 1.73. The van der Waals surface area contributed by atoms with Crippen molar-refractivity contribution in [3.05, 3.63) is 131 Å². The van der Waals surface area contributed by atoms with Crippen molar-refractivity contribution in [2.75, 3.05) is 0 Å². The van der Waals surface area contributed by atoms with Crippen LogP contribution in [0.5, 0.6) is 0 Å². The standard InChI is InChI=1S/C37H21F5N4O5S2/c1-20(47)45-52(48,49)28-16-30(39)34(31(40)17-28)22-4-2-5-23(14-22)36-35(33-24(18-43)6-3-7-25(33)19-44)29-15-26(38)10-13-32(29)46(36)53(50,51)27-11-8-21(9-12-27)37(41)42/h2-17,37H,1H3,(H,45,47). The summed E-state index contributed by atoms with van der Waals surface area (Å²) in [5, 5.41) is 20.1. The Morgan fingerprint density at radius 1 is 0.717 bits per heavy atom. The van der Waals surface area contributed by atoms with Crippen molar-refractivity contribution >= 4 is 36.9 Å². The summed E-state index contributed by atoms with van der Waals surface area (Å²) in [6, 6.07) is 20.8. The van der Waals surface area contributed by atoms with E-state index in [4.69, 9.17) is 0 Å². The lowest BCUT2D eigenvalue weighted by molar-refractivity contribution is -0.117. The predicted molar refractivity (Wildman–Crippen MR) is 183 cm³/mol. The van der Waals surface area contributed by atoms with E-state index in [1.54, 1.807) is 4.72 Å². The van der Waals surface area contributed by atoms with Gasteiger partial charge in [0, 0.05) is 34.6 Å². The lowest BCUT2D eigenvalue weighted by Gasteiger charge is -2.16. The van der Waals surface area contributed by atoms with Gasteiger partial charge >= 0.3 is 0 Å². The van der Waals surface area contributed by atoms with E-state index < -0.39 is 70.7 Å². The molecular formula is C37H21F5N4O5S2. The van der Waals surface area contributed by atoms with Crippen LogP contribution in [0.3, 0.4) is 0 Å². The van der Waals surface area contributed by atoms with Gasteiger partial charge in [-0.05, 0) is 66.2 Å². The molecule has 5 aromatic carbocycles. The average Bonchev–Trinajstić information content (AvgIpc) is 3.45. The van der Waals surface area contributed by atoms with Crippen LogP contribution in [0.15, 0.2) is 107 Å². The van der Waals surface area contributed by atoms with Crippen LogP contribution < -0.4 is 4.72 Å². The van der Waals surface area contributed by atoms with E-state index in [1.165, 1.54) is 36.4 Å². The zero-order chi connectivity index (χ0) is 38.4. The van der Waals surface area contributed by atoms with Gasteiger partial charge in [-0.15, -0.1) is 0 Å². The van der Waals surface area contributed by atoms with E-state index in [0.29, 0.717) is 12.1 Å². The predicted octanol–water partition coefficient (Wildman–Crippen LogP) is 7.80. The fraction of sp³-hybridized carbons (Fsp3) is 0.0541. The number of nitrogens with one attached hydrogen (secondary N) is 1. The van der Waals surface area contributed by atoms with Crippen molar-refractivity contribution in [1.29, 1.82) is 10.5 Å². The largest absolute Gasteiger partial charge is 0.274 e. The van der Waals surface area contributed by atoms with Gasteiger partial charge in [0.05, 0.1) is 49.8 Å². The Kier molecular flexibility index (Phi) is 9.38. The van der Waals surface area contributed by atoms with Crippen LogP contribution in [-0.4, -0.2) is 26.7 Å². The molecule has 0 saturated heterocycles. The number of hydrogen-bond donors (Lipinski definition) is 1. The molecule has 1 N–H and O–H groups in total. The summed E-state index contributed by atoms with van der Waals surface area (Å²) >= 11 is 0. The monoisotopic (exact) mass is 760 g/mol. The van der Waals surface area contributed by atoms with Gasteiger partial charge in [-0.1, -0.05) is 36.4 Å². The van der Waals surface area contributed by atoms with Crippen LogP contribution in [0.2, 0.25) is 0 Å². The number of amides is 1. The maximum atomic E-state index is 15.6. The summed E-state index contributed by atoms with van der Waals surface area (Å²) in [6.07, 6.45) is -2.92. The van der Waals surface area contributed by atoms with Gasteiger partial charge in [0.1, 0.15) is 17.5 Å². The highest BCUT2D eigenvalue weighted by molar-refractivity contribution is 7.90. The Labute approximate surface area is 298 Å². The molecule has 1 amide bonds. The van der Waals surface area contributed by atoms with Crippen molar-refractivity contribution in [1.82, 2.24) is 8.69 Å². The van der Waals surface area contributed by atoms with Crippen molar-refractivity contribution in [3.63, 3.8) is 0 Å². The molecule has 6 rings (SSSR count). The first-order valence-electron chi connectivity index (χ1n) is 15.1. The minimum Gasteiger partial charge on any atom is -0.274 e. The van der Waals surface area contributed by atoms with E-state index >= 15 is 13.2 Å². The highest BCUT2D eigenvalue weighted by Gasteiger charge is 2.32. The molecule has 1 aromatic heterocycles. The van der Waals surface area contributed by atoms with Crippen molar-refractivity contribution in [2.24, 2.45) is 0 Å². The topological polar surface area (TPSA) is 150 Å². The van der Waals surface area contributed by atoms with Gasteiger partial charge < -0.3 is 0 Å². The molecule has 0 unspecified atom stereocenters. The van der Waals surface area contributed by atoms with Crippen LogP contribution in [-0.2, 0) is 24.8 Å². The maximum absolute atomic E-state index is 15.6. The lowest BCUT2D eigenvalue weighted by atomic mass is 9.90. The third-order valence-electron chi connectivity index (χ3n) is 8.14. The van der Waals surface area contributed by atoms with Gasteiger partial charge in [0.15, 0.2) is 0 Å². The molecule has 0 aliphatic heterocycles. The minimum absolute atomic E-state index is 0.0905. The highest BCUT2D eigenvalue weighted by atomic mass is 32.2. The molecule has 0 saturated carbocycles. The molecule has 266 valence electrons. The molecule has 1 heterocycles. The molecule has 0 aliphatic rings. The Bertz CT molecular complexity index is 2750. The summed E-state index contributed by atoms with van der Waals surface area (Å²) in [5.41, 5.74) is -2.46. The summed E-state index contributed by atoms with van der Waals surface area (Å²) in [6.45, 7) is 0.888. The smallest absolute Gasteiger partial charge is 0.268 e. The second-order valence-corrected chi connectivity index (χ2v) is 14.9. The van der Waals surface area contributed by atoms with Crippen molar-refractivity contribution in [3.8, 4) is 45.6 Å². The number of sulfonamides is 1. The zero-order valence-corrected chi connectivity index (χ0v) is 28.5. The molecule has 16 heteroatoms. The number of nitrogens with zero attached hydrogens (tertiary/aromatic N) is 3. The van der Waals surface area contributed by atoms with Gasteiger partial charge in [-0.3, -0.25) is 4.79 Å². The summed E-state index contributed by atoms with van der Waals surface area (Å²) < 4.78 is 130. The molecule has 0 radical (unpaired) electrons. The zero-order valence-electron chi connectivity index (χ0n) is 26.9. The summed E-state index contributed by atoms with van der Waals surface area (Å²) in [4.78, 5) is 10.0. The molecule has 53 heavy (non-hydrogen) atoms. The fourth-order valence-corrected chi connectivity index (χ4v) is 8.51. The van der Waals surface area contributed by atoms with E-state index in [0.717, 1.165) is 59.4 Å². The number of fused-ring (bicyclic) bond motifs is 1.